The molecule has 1 aromatic heterocycles. The summed E-state index contributed by atoms with van der Waals surface area (Å²) in [7, 11) is -0.896. The number of ether oxygens (including phenoxy) is 3. The zero-order chi connectivity index (χ0) is 20.3. The number of hydrogen-bond donors (Lipinski definition) is 0. The number of oxazole rings is 1. The quantitative estimate of drug-likeness (QED) is 0.263. The third kappa shape index (κ3) is 6.50. The fourth-order valence-corrected chi connectivity index (χ4v) is 2.99. The molecule has 12 heteroatoms. The van der Waals surface area contributed by atoms with E-state index in [0.29, 0.717) is 34.1 Å². The molecule has 0 fully saturated rings. The van der Waals surface area contributed by atoms with Gasteiger partial charge in [-0.25, -0.2) is 4.98 Å². The summed E-state index contributed by atoms with van der Waals surface area (Å²) >= 11 is 0. The van der Waals surface area contributed by atoms with E-state index < -0.39 is 7.82 Å². The fraction of sp³-hybridized carbons (Fsp3) is 0.167. The van der Waals surface area contributed by atoms with Gasteiger partial charge >= 0.3 is 59.1 Å². The van der Waals surface area contributed by atoms with Crippen molar-refractivity contribution < 1.29 is 96.6 Å². The van der Waals surface area contributed by atoms with E-state index in [4.69, 9.17) is 18.6 Å². The minimum atomic E-state index is -5.27. The van der Waals surface area contributed by atoms with Crippen LogP contribution in [-0.4, -0.2) is 26.3 Å². The topological polar surface area (TPSA) is 126 Å². The molecule has 30 heavy (non-hydrogen) atoms. The van der Waals surface area contributed by atoms with Gasteiger partial charge in [0.2, 0.25) is 0 Å². The summed E-state index contributed by atoms with van der Waals surface area (Å²) in [6.45, 7) is 0. The molecule has 3 aromatic rings. The minimum Gasteiger partial charge on any atom is -0.780 e. The predicted molar refractivity (Wildman–Crippen MR) is 95.3 cm³/mol. The first-order valence-corrected chi connectivity index (χ1v) is 9.37. The van der Waals surface area contributed by atoms with Crippen LogP contribution < -0.4 is 87.6 Å². The Morgan fingerprint density at radius 1 is 0.867 bits per heavy atom. The van der Waals surface area contributed by atoms with Gasteiger partial charge in [-0.1, -0.05) is 0 Å². The first-order valence-electron chi connectivity index (χ1n) is 7.91. The van der Waals surface area contributed by atoms with Crippen molar-refractivity contribution in [3.63, 3.8) is 0 Å². The van der Waals surface area contributed by atoms with E-state index >= 15 is 0 Å². The maximum atomic E-state index is 11.0. The molecule has 0 spiro atoms. The standard InChI is InChI=1S/C18H18NO8P.2Na/c1-23-13-6-12(7-14(9-13)24-2)17-18(26-10-19-17)11-4-5-15(25-3)16(8-11)27-28(20,21)22;;/h4-10H,1-3H3,(H2,20,21,22);;/q;2*+1/p-2. The van der Waals surface area contributed by atoms with E-state index in [-0.39, 0.29) is 70.6 Å². The van der Waals surface area contributed by atoms with Gasteiger partial charge in [0, 0.05) is 17.2 Å². The monoisotopic (exact) mass is 451 g/mol. The molecule has 0 unspecified atom stereocenters. The van der Waals surface area contributed by atoms with Crippen LogP contribution in [0.25, 0.3) is 22.6 Å². The van der Waals surface area contributed by atoms with Gasteiger partial charge in [-0.05, 0) is 30.3 Å². The van der Waals surface area contributed by atoms with Crippen molar-refractivity contribution in [2.75, 3.05) is 21.3 Å². The second-order valence-electron chi connectivity index (χ2n) is 5.54. The molecule has 0 bridgehead atoms. The van der Waals surface area contributed by atoms with Gasteiger partial charge in [0.1, 0.15) is 25.0 Å². The third-order valence-corrected chi connectivity index (χ3v) is 4.25. The van der Waals surface area contributed by atoms with E-state index in [0.717, 1.165) is 0 Å². The average Bonchev–Trinajstić information content (AvgIpc) is 3.16. The molecular formula is C18H16NNa2O8P. The van der Waals surface area contributed by atoms with E-state index in [1.165, 1.54) is 39.9 Å². The summed E-state index contributed by atoms with van der Waals surface area (Å²) in [5.74, 6) is 1.27. The zero-order valence-electron chi connectivity index (χ0n) is 17.2. The summed E-state index contributed by atoms with van der Waals surface area (Å²) in [5.41, 5.74) is 1.54. The van der Waals surface area contributed by atoms with Crippen LogP contribution in [0.4, 0.5) is 0 Å². The Labute approximate surface area is 217 Å². The van der Waals surface area contributed by atoms with E-state index in [2.05, 4.69) is 9.51 Å². The summed E-state index contributed by atoms with van der Waals surface area (Å²) in [5, 5.41) is 0. The van der Waals surface area contributed by atoms with Crippen molar-refractivity contribution >= 4 is 7.82 Å². The number of rotatable bonds is 7. The Hall–Kier alpha value is -1.00. The molecule has 2 aromatic carbocycles. The van der Waals surface area contributed by atoms with Gasteiger partial charge in [0.15, 0.2) is 23.7 Å². The van der Waals surface area contributed by atoms with Crippen molar-refractivity contribution in [3.8, 4) is 45.6 Å². The number of methoxy groups -OCH3 is 3. The Morgan fingerprint density at radius 3 is 2.03 bits per heavy atom. The molecule has 0 N–H and O–H groups in total. The molecule has 0 amide bonds. The van der Waals surface area contributed by atoms with Crippen LogP contribution in [0.15, 0.2) is 47.2 Å². The molecule has 3 rings (SSSR count). The molecule has 0 aliphatic rings. The van der Waals surface area contributed by atoms with Crippen molar-refractivity contribution in [1.29, 1.82) is 0 Å². The van der Waals surface area contributed by atoms with Crippen molar-refractivity contribution in [3.05, 3.63) is 42.8 Å². The summed E-state index contributed by atoms with van der Waals surface area (Å²) < 4.78 is 36.6. The van der Waals surface area contributed by atoms with Gasteiger partial charge in [-0.2, -0.15) is 0 Å². The van der Waals surface area contributed by atoms with Gasteiger partial charge in [-0.15, -0.1) is 0 Å². The molecule has 0 radical (unpaired) electrons. The summed E-state index contributed by atoms with van der Waals surface area (Å²) in [6, 6.07) is 9.60. The number of aromatic nitrogens is 1. The van der Waals surface area contributed by atoms with E-state index in [1.54, 1.807) is 24.3 Å². The Morgan fingerprint density at radius 2 is 1.50 bits per heavy atom. The largest absolute Gasteiger partial charge is 1.00 e. The maximum absolute atomic E-state index is 11.0. The van der Waals surface area contributed by atoms with Gasteiger partial charge in [-0.3, -0.25) is 0 Å². The number of phosphoric ester groups is 1. The average molecular weight is 451 g/mol. The van der Waals surface area contributed by atoms with Gasteiger partial charge in [0.05, 0.1) is 21.3 Å². The van der Waals surface area contributed by atoms with E-state index in [9.17, 15) is 14.4 Å². The Bertz CT molecular complexity index is 1010. The summed E-state index contributed by atoms with van der Waals surface area (Å²) in [4.78, 5) is 26.3. The fourth-order valence-electron chi connectivity index (χ4n) is 2.61. The molecule has 0 atom stereocenters. The maximum Gasteiger partial charge on any atom is 1.00 e. The van der Waals surface area contributed by atoms with Crippen LogP contribution >= 0.6 is 7.82 Å². The van der Waals surface area contributed by atoms with Crippen LogP contribution in [0.5, 0.6) is 23.0 Å². The summed E-state index contributed by atoms with van der Waals surface area (Å²) in [6.07, 6.45) is 1.24. The van der Waals surface area contributed by atoms with Crippen LogP contribution in [0.3, 0.4) is 0 Å². The molecular weight excluding hydrogens is 435 g/mol. The van der Waals surface area contributed by atoms with Gasteiger partial charge < -0.3 is 37.5 Å². The Balaban J connectivity index is 0.00000225. The van der Waals surface area contributed by atoms with Crippen molar-refractivity contribution in [2.24, 2.45) is 0 Å². The molecule has 0 aliphatic carbocycles. The minimum absolute atomic E-state index is 0. The van der Waals surface area contributed by atoms with Gasteiger partial charge in [0.25, 0.3) is 0 Å². The number of phosphoric acid groups is 1. The first-order chi connectivity index (χ1) is 13.3. The molecule has 148 valence electrons. The van der Waals surface area contributed by atoms with Crippen LogP contribution in [0.1, 0.15) is 0 Å². The van der Waals surface area contributed by atoms with Crippen molar-refractivity contribution in [1.82, 2.24) is 4.98 Å². The van der Waals surface area contributed by atoms with Crippen LogP contribution in [0.2, 0.25) is 0 Å². The van der Waals surface area contributed by atoms with Crippen molar-refractivity contribution in [2.45, 2.75) is 0 Å². The van der Waals surface area contributed by atoms with Crippen LogP contribution in [-0.2, 0) is 4.57 Å². The SMILES string of the molecule is COc1cc(OC)cc(-c2ncoc2-c2ccc(OC)c(OP(=O)([O-])[O-])c2)c1.[Na+].[Na+]. The number of benzene rings is 2. The van der Waals surface area contributed by atoms with E-state index in [1.807, 2.05) is 0 Å². The second kappa shape index (κ2) is 11.6. The predicted octanol–water partition coefficient (Wildman–Crippen LogP) is -3.75. The zero-order valence-corrected chi connectivity index (χ0v) is 22.1. The van der Waals surface area contributed by atoms with Crippen LogP contribution in [0, 0.1) is 0 Å². The normalized spacial score (nSPS) is 10.4. The Kier molecular flexibility index (Phi) is 10.4. The molecule has 0 saturated carbocycles. The smallest absolute Gasteiger partial charge is 0.780 e. The molecule has 9 nitrogen and oxygen atoms in total. The molecule has 0 saturated heterocycles. The number of hydrogen-bond acceptors (Lipinski definition) is 9. The molecule has 0 aliphatic heterocycles. The molecule has 1 heterocycles. The number of nitrogens with zero attached hydrogens (tertiary/aromatic N) is 1. The first kappa shape index (κ1) is 27.0. The third-order valence-electron chi connectivity index (χ3n) is 3.83. The second-order valence-corrected chi connectivity index (χ2v) is 6.61.